The van der Waals surface area contributed by atoms with Gasteiger partial charge in [-0.25, -0.2) is 0 Å². The Hall–Kier alpha value is 0.800. The highest BCUT2D eigenvalue weighted by molar-refractivity contribution is 8.53. The lowest BCUT2D eigenvalue weighted by Crippen LogP contribution is -1.39. The molecule has 0 aromatic heterocycles. The number of halogens is 3. The van der Waals surface area contributed by atoms with Crippen molar-refractivity contribution in [3.05, 3.63) is 0 Å². The predicted molar refractivity (Wildman–Crippen MR) is 34.5 cm³/mol. The fourth-order valence-corrected chi connectivity index (χ4v) is 2.19. The van der Waals surface area contributed by atoms with Gasteiger partial charge in [-0.05, 0) is 6.26 Å². The van der Waals surface area contributed by atoms with E-state index in [4.69, 9.17) is 0 Å². The van der Waals surface area contributed by atoms with Gasteiger partial charge in [-0.15, -0.1) is 0 Å². The molecule has 1 atom stereocenters. The van der Waals surface area contributed by atoms with Crippen molar-refractivity contribution in [3.63, 3.8) is 0 Å². The minimum atomic E-state index is -3.69. The first kappa shape index (κ1) is 8.80. The summed E-state index contributed by atoms with van der Waals surface area (Å²) in [5.74, 6) is 0. The van der Waals surface area contributed by atoms with Gasteiger partial charge >= 0.3 is 0 Å². The Morgan fingerprint density at radius 3 is 2.25 bits per heavy atom. The first-order chi connectivity index (χ1) is 3.66. The molecule has 0 aromatic rings. The number of rotatable bonds is 2. The summed E-state index contributed by atoms with van der Waals surface area (Å²) in [7, 11) is -5.97. The normalized spacial score (nSPS) is 14.1. The van der Waals surface area contributed by atoms with Crippen molar-refractivity contribution in [2.24, 2.45) is 4.52 Å². The van der Waals surface area contributed by atoms with E-state index in [2.05, 4.69) is 4.52 Å². The third kappa shape index (κ3) is 4.95. The van der Waals surface area contributed by atoms with Gasteiger partial charge in [0.1, 0.15) is 0 Å². The zero-order valence-corrected chi connectivity index (χ0v) is 6.65. The highest BCUT2D eigenvalue weighted by atomic mass is 32.7. The molecular weight excluding hydrogens is 177 g/mol. The molecule has 1 nitrogen and oxygen atoms in total. The zero-order chi connectivity index (χ0) is 6.57. The van der Waals surface area contributed by atoms with Crippen LogP contribution in [0.4, 0.5) is 12.6 Å². The van der Waals surface area contributed by atoms with Crippen LogP contribution in [-0.2, 0) is 0 Å². The van der Waals surface area contributed by atoms with Crippen LogP contribution in [-0.4, -0.2) is 6.26 Å². The number of hydrogen-bond donors (Lipinski definition) is 0. The van der Waals surface area contributed by atoms with Crippen molar-refractivity contribution in [2.45, 2.75) is 0 Å². The van der Waals surface area contributed by atoms with Crippen LogP contribution in [0.25, 0.3) is 0 Å². The summed E-state index contributed by atoms with van der Waals surface area (Å²) in [5.41, 5.74) is 0. The second-order valence-electron chi connectivity index (χ2n) is 0.749. The fourth-order valence-electron chi connectivity index (χ4n) is 0.100. The van der Waals surface area contributed by atoms with E-state index < -0.39 is 15.9 Å². The maximum absolute atomic E-state index is 11.8. The average molecular weight is 181 g/mol. The summed E-state index contributed by atoms with van der Waals surface area (Å²) < 4.78 is 36.7. The number of nitrogens with zero attached hydrogens (tertiary/aromatic N) is 1. The second-order valence-corrected chi connectivity index (χ2v) is 4.85. The lowest BCUT2D eigenvalue weighted by molar-refractivity contribution is 0.764. The predicted octanol–water partition coefficient (Wildman–Crippen LogP) is 3.71. The molecular formula is CH4F3NP2S. The Labute approximate surface area is 51.4 Å². The summed E-state index contributed by atoms with van der Waals surface area (Å²) in [6.45, 7) is 0. The van der Waals surface area contributed by atoms with E-state index in [-0.39, 0.29) is 0 Å². The molecule has 0 amide bonds. The zero-order valence-electron chi connectivity index (χ0n) is 3.94. The van der Waals surface area contributed by atoms with Crippen LogP contribution in [0.5, 0.6) is 0 Å². The van der Waals surface area contributed by atoms with E-state index in [9.17, 15) is 12.6 Å². The van der Waals surface area contributed by atoms with Gasteiger partial charge < -0.3 is 0 Å². The third-order valence-electron chi connectivity index (χ3n) is 0.305. The molecule has 0 aliphatic rings. The summed E-state index contributed by atoms with van der Waals surface area (Å²) in [6.07, 6.45) is 1.42. The molecule has 0 heterocycles. The van der Waals surface area contributed by atoms with Crippen LogP contribution in [0.1, 0.15) is 0 Å². The Balaban J connectivity index is 3.51. The maximum atomic E-state index is 11.8. The summed E-state index contributed by atoms with van der Waals surface area (Å²) in [6, 6.07) is 0. The molecule has 0 saturated carbocycles. The highest BCUT2D eigenvalue weighted by Gasteiger charge is 2.00. The topological polar surface area (TPSA) is 12.4 Å². The molecule has 0 bridgehead atoms. The molecule has 0 fully saturated rings. The molecule has 0 N–H and O–H groups in total. The minimum absolute atomic E-state index is 0.730. The number of hydrogen-bond acceptors (Lipinski definition) is 2. The molecule has 50 valence electrons. The van der Waals surface area contributed by atoms with Gasteiger partial charge in [0, 0.05) is 0 Å². The van der Waals surface area contributed by atoms with Gasteiger partial charge in [0.2, 0.25) is 0 Å². The standard InChI is InChI=1S/CH4F3NP2S/c1-8-7(4)5-6(2)3/h6H,1H3. The van der Waals surface area contributed by atoms with Crippen LogP contribution in [0, 0.1) is 0 Å². The highest BCUT2D eigenvalue weighted by Crippen LogP contribution is 2.56. The SMILES string of the molecule is CSP(F)N=[PH](F)F. The van der Waals surface area contributed by atoms with Gasteiger partial charge in [0.05, 0.1) is 0 Å². The van der Waals surface area contributed by atoms with Crippen LogP contribution in [0.3, 0.4) is 0 Å². The molecule has 0 saturated heterocycles. The first-order valence-corrected chi connectivity index (χ1v) is 5.78. The molecule has 0 aromatic carbocycles. The van der Waals surface area contributed by atoms with E-state index in [0.717, 1.165) is 11.4 Å². The van der Waals surface area contributed by atoms with Crippen LogP contribution in [0.15, 0.2) is 4.52 Å². The molecule has 0 rings (SSSR count). The van der Waals surface area contributed by atoms with Gasteiger partial charge in [0.15, 0.2) is 0 Å². The molecule has 8 heavy (non-hydrogen) atoms. The van der Waals surface area contributed by atoms with Crippen molar-refractivity contribution in [2.75, 3.05) is 6.26 Å². The van der Waals surface area contributed by atoms with E-state index in [1.807, 2.05) is 0 Å². The minimum Gasteiger partial charge on any atom is -0.187 e. The fraction of sp³-hybridized carbons (Fsp3) is 1.00. The second kappa shape index (κ2) is 4.66. The first-order valence-electron chi connectivity index (χ1n) is 1.56. The van der Waals surface area contributed by atoms with E-state index in [0.29, 0.717) is 0 Å². The maximum Gasteiger partial charge on any atom is 0.289 e. The summed E-state index contributed by atoms with van der Waals surface area (Å²) >= 11 is 0.730. The van der Waals surface area contributed by atoms with Crippen molar-refractivity contribution in [1.29, 1.82) is 0 Å². The van der Waals surface area contributed by atoms with E-state index in [1.54, 1.807) is 0 Å². The van der Waals surface area contributed by atoms with Crippen molar-refractivity contribution in [3.8, 4) is 0 Å². The molecule has 0 aliphatic carbocycles. The van der Waals surface area contributed by atoms with Crippen molar-refractivity contribution in [1.82, 2.24) is 0 Å². The molecule has 0 radical (unpaired) electrons. The van der Waals surface area contributed by atoms with Crippen LogP contribution < -0.4 is 0 Å². The Morgan fingerprint density at radius 1 is 1.62 bits per heavy atom. The van der Waals surface area contributed by atoms with E-state index in [1.165, 1.54) is 6.26 Å². The molecule has 7 heteroatoms. The largest absolute Gasteiger partial charge is 0.289 e. The quantitative estimate of drug-likeness (QED) is 0.591. The van der Waals surface area contributed by atoms with E-state index >= 15 is 0 Å². The lowest BCUT2D eigenvalue weighted by atomic mass is 12.0. The Morgan fingerprint density at radius 2 is 2.12 bits per heavy atom. The molecule has 0 aliphatic heterocycles. The lowest BCUT2D eigenvalue weighted by Gasteiger charge is -1.90. The average Bonchev–Trinajstić information content (AvgIpc) is 1.65. The van der Waals surface area contributed by atoms with Crippen LogP contribution >= 0.6 is 27.3 Å². The summed E-state index contributed by atoms with van der Waals surface area (Å²) in [4.78, 5) is 0. The van der Waals surface area contributed by atoms with Gasteiger partial charge in [-0.2, -0.15) is 17.1 Å². The van der Waals surface area contributed by atoms with Crippen molar-refractivity contribution < 1.29 is 12.6 Å². The third-order valence-corrected chi connectivity index (χ3v) is 3.48. The Kier molecular flexibility index (Phi) is 5.12. The Bertz CT molecular complexity index is 93.3. The smallest absolute Gasteiger partial charge is 0.187 e. The monoisotopic (exact) mass is 181 g/mol. The van der Waals surface area contributed by atoms with Gasteiger partial charge in [-0.1, -0.05) is 11.4 Å². The molecule has 1 unspecified atom stereocenters. The summed E-state index contributed by atoms with van der Waals surface area (Å²) in [5, 5.41) is 0. The van der Waals surface area contributed by atoms with Crippen molar-refractivity contribution >= 4 is 27.3 Å². The van der Waals surface area contributed by atoms with Gasteiger partial charge in [-0.3, -0.25) is 0 Å². The molecule has 0 spiro atoms. The van der Waals surface area contributed by atoms with Gasteiger partial charge in [0.25, 0.3) is 15.9 Å². The van der Waals surface area contributed by atoms with Crippen LogP contribution in [0.2, 0.25) is 0 Å².